The highest BCUT2D eigenvalue weighted by Crippen LogP contribution is 2.31. The van der Waals surface area contributed by atoms with Crippen molar-refractivity contribution in [3.63, 3.8) is 0 Å². The van der Waals surface area contributed by atoms with Crippen LogP contribution in [0.25, 0.3) is 0 Å². The number of piperazine rings is 1. The fourth-order valence-corrected chi connectivity index (χ4v) is 2.59. The summed E-state index contributed by atoms with van der Waals surface area (Å²) in [5, 5.41) is 15.2. The SMILES string of the molecule is O=C(O)C1=CNc2cc(N3CCNCC3)c(F)cc2C1. The van der Waals surface area contributed by atoms with E-state index in [1.165, 1.54) is 12.3 Å². The first kappa shape index (κ1) is 12.9. The number of nitrogens with one attached hydrogen (secondary N) is 2. The molecule has 20 heavy (non-hydrogen) atoms. The maximum absolute atomic E-state index is 14.2. The molecular formula is C14H16FN3O2. The van der Waals surface area contributed by atoms with Crippen LogP contribution in [0.1, 0.15) is 5.56 Å². The molecule has 0 amide bonds. The molecule has 5 nitrogen and oxygen atoms in total. The first-order valence-electron chi connectivity index (χ1n) is 6.62. The molecule has 0 spiro atoms. The van der Waals surface area contributed by atoms with E-state index in [9.17, 15) is 9.18 Å². The van der Waals surface area contributed by atoms with E-state index in [1.807, 2.05) is 4.90 Å². The monoisotopic (exact) mass is 277 g/mol. The Morgan fingerprint density at radius 3 is 2.75 bits per heavy atom. The van der Waals surface area contributed by atoms with Gasteiger partial charge in [0, 0.05) is 44.5 Å². The summed E-state index contributed by atoms with van der Waals surface area (Å²) in [6.45, 7) is 3.22. The van der Waals surface area contributed by atoms with Crippen LogP contribution in [-0.2, 0) is 11.2 Å². The number of anilines is 2. The summed E-state index contributed by atoms with van der Waals surface area (Å²) in [6.07, 6.45) is 1.72. The van der Waals surface area contributed by atoms with Crippen molar-refractivity contribution in [2.45, 2.75) is 6.42 Å². The Morgan fingerprint density at radius 2 is 2.05 bits per heavy atom. The minimum absolute atomic E-state index is 0.242. The molecule has 0 radical (unpaired) electrons. The second kappa shape index (κ2) is 5.13. The fourth-order valence-electron chi connectivity index (χ4n) is 2.59. The number of hydrogen-bond acceptors (Lipinski definition) is 4. The van der Waals surface area contributed by atoms with Gasteiger partial charge in [-0.3, -0.25) is 0 Å². The van der Waals surface area contributed by atoms with Gasteiger partial charge < -0.3 is 20.6 Å². The summed E-state index contributed by atoms with van der Waals surface area (Å²) in [6, 6.07) is 3.21. The minimum atomic E-state index is -0.977. The van der Waals surface area contributed by atoms with Crippen LogP contribution in [0.2, 0.25) is 0 Å². The van der Waals surface area contributed by atoms with Crippen molar-refractivity contribution in [1.82, 2.24) is 5.32 Å². The normalized spacial score (nSPS) is 18.1. The van der Waals surface area contributed by atoms with Crippen LogP contribution in [-0.4, -0.2) is 37.3 Å². The van der Waals surface area contributed by atoms with Crippen LogP contribution in [0, 0.1) is 5.82 Å². The maximum Gasteiger partial charge on any atom is 0.333 e. The van der Waals surface area contributed by atoms with E-state index in [4.69, 9.17) is 5.11 Å². The van der Waals surface area contributed by atoms with Gasteiger partial charge >= 0.3 is 5.97 Å². The number of benzene rings is 1. The van der Waals surface area contributed by atoms with Crippen LogP contribution < -0.4 is 15.5 Å². The van der Waals surface area contributed by atoms with Gasteiger partial charge in [-0.25, -0.2) is 9.18 Å². The summed E-state index contributed by atoms with van der Waals surface area (Å²) in [4.78, 5) is 13.0. The molecule has 0 aromatic heterocycles. The standard InChI is InChI=1S/C14H16FN3O2/c15-11-6-9-5-10(14(19)20)8-17-12(9)7-13(11)18-3-1-16-2-4-18/h6-8,16-17H,1-5H2,(H,19,20). The first-order chi connectivity index (χ1) is 9.65. The van der Waals surface area contributed by atoms with E-state index in [0.29, 0.717) is 11.3 Å². The number of rotatable bonds is 2. The lowest BCUT2D eigenvalue weighted by Crippen LogP contribution is -2.43. The quantitative estimate of drug-likeness (QED) is 0.757. The average molecular weight is 277 g/mol. The van der Waals surface area contributed by atoms with Gasteiger partial charge in [-0.15, -0.1) is 0 Å². The van der Waals surface area contributed by atoms with Crippen molar-refractivity contribution in [2.24, 2.45) is 0 Å². The van der Waals surface area contributed by atoms with E-state index in [0.717, 1.165) is 31.9 Å². The van der Waals surface area contributed by atoms with Gasteiger partial charge in [0.15, 0.2) is 0 Å². The van der Waals surface area contributed by atoms with E-state index in [1.54, 1.807) is 6.07 Å². The highest BCUT2D eigenvalue weighted by Gasteiger charge is 2.21. The molecule has 1 aromatic rings. The van der Waals surface area contributed by atoms with Crippen molar-refractivity contribution in [2.75, 3.05) is 36.4 Å². The molecule has 2 aliphatic rings. The fraction of sp³-hybridized carbons (Fsp3) is 0.357. The molecule has 1 saturated heterocycles. The molecule has 2 aliphatic heterocycles. The van der Waals surface area contributed by atoms with Gasteiger partial charge in [0.05, 0.1) is 11.3 Å². The van der Waals surface area contributed by atoms with E-state index in [2.05, 4.69) is 10.6 Å². The molecule has 2 heterocycles. The lowest BCUT2D eigenvalue weighted by atomic mass is 10.00. The zero-order chi connectivity index (χ0) is 14.1. The van der Waals surface area contributed by atoms with Crippen LogP contribution >= 0.6 is 0 Å². The minimum Gasteiger partial charge on any atom is -0.478 e. The van der Waals surface area contributed by atoms with Gasteiger partial charge in [0.25, 0.3) is 0 Å². The Labute approximate surface area is 116 Å². The van der Waals surface area contributed by atoms with Crippen molar-refractivity contribution < 1.29 is 14.3 Å². The number of carboxylic acids is 1. The maximum atomic E-state index is 14.2. The molecule has 106 valence electrons. The van der Waals surface area contributed by atoms with Gasteiger partial charge in [0.2, 0.25) is 0 Å². The smallest absolute Gasteiger partial charge is 0.333 e. The van der Waals surface area contributed by atoms with Crippen molar-refractivity contribution in [1.29, 1.82) is 0 Å². The zero-order valence-electron chi connectivity index (χ0n) is 10.9. The average Bonchev–Trinajstić information content (AvgIpc) is 2.46. The molecule has 3 N–H and O–H groups in total. The van der Waals surface area contributed by atoms with Crippen LogP contribution in [0.4, 0.5) is 15.8 Å². The molecule has 0 aliphatic carbocycles. The van der Waals surface area contributed by atoms with E-state index in [-0.39, 0.29) is 17.8 Å². The summed E-state index contributed by atoms with van der Waals surface area (Å²) < 4.78 is 14.2. The Morgan fingerprint density at radius 1 is 1.30 bits per heavy atom. The number of fused-ring (bicyclic) bond motifs is 1. The number of nitrogens with zero attached hydrogens (tertiary/aromatic N) is 1. The lowest BCUT2D eigenvalue weighted by Gasteiger charge is -2.31. The number of halogens is 1. The summed E-state index contributed by atoms with van der Waals surface area (Å²) in [5.74, 6) is -1.27. The number of carbonyl (C=O) groups is 1. The lowest BCUT2D eigenvalue weighted by molar-refractivity contribution is -0.132. The molecule has 6 heteroatoms. The van der Waals surface area contributed by atoms with Crippen molar-refractivity contribution >= 4 is 17.3 Å². The molecule has 0 unspecified atom stereocenters. The molecule has 0 atom stereocenters. The van der Waals surface area contributed by atoms with Crippen molar-refractivity contribution in [3.8, 4) is 0 Å². The van der Waals surface area contributed by atoms with E-state index < -0.39 is 5.97 Å². The van der Waals surface area contributed by atoms with Crippen LogP contribution in [0.5, 0.6) is 0 Å². The van der Waals surface area contributed by atoms with Crippen molar-refractivity contribution in [3.05, 3.63) is 35.3 Å². The third kappa shape index (κ3) is 2.34. The molecule has 0 saturated carbocycles. The second-order valence-electron chi connectivity index (χ2n) is 4.99. The number of aliphatic carboxylic acids is 1. The predicted molar refractivity (Wildman–Crippen MR) is 74.5 cm³/mol. The molecule has 1 aromatic carbocycles. The van der Waals surface area contributed by atoms with Gasteiger partial charge in [0.1, 0.15) is 5.82 Å². The van der Waals surface area contributed by atoms with Gasteiger partial charge in [-0.05, 0) is 17.7 Å². The highest BCUT2D eigenvalue weighted by atomic mass is 19.1. The second-order valence-corrected chi connectivity index (χ2v) is 4.99. The highest BCUT2D eigenvalue weighted by molar-refractivity contribution is 5.89. The Kier molecular flexibility index (Phi) is 3.31. The zero-order valence-corrected chi connectivity index (χ0v) is 10.9. The number of hydrogen-bond donors (Lipinski definition) is 3. The largest absolute Gasteiger partial charge is 0.478 e. The Balaban J connectivity index is 1.90. The Bertz CT molecular complexity index is 580. The predicted octanol–water partition coefficient (Wildman–Crippen LogP) is 1.17. The van der Waals surface area contributed by atoms with Crippen LogP contribution in [0.15, 0.2) is 23.9 Å². The van der Waals surface area contributed by atoms with E-state index >= 15 is 0 Å². The van der Waals surface area contributed by atoms with Gasteiger partial charge in [-0.2, -0.15) is 0 Å². The first-order valence-corrected chi connectivity index (χ1v) is 6.62. The summed E-state index contributed by atoms with van der Waals surface area (Å²) >= 11 is 0. The third-order valence-corrected chi connectivity index (χ3v) is 3.69. The topological polar surface area (TPSA) is 64.6 Å². The molecule has 1 fully saturated rings. The van der Waals surface area contributed by atoms with Gasteiger partial charge in [-0.1, -0.05) is 0 Å². The molecular weight excluding hydrogens is 261 g/mol. The summed E-state index contributed by atoms with van der Waals surface area (Å²) in [7, 11) is 0. The molecule has 0 bridgehead atoms. The summed E-state index contributed by atoms with van der Waals surface area (Å²) in [5.41, 5.74) is 2.28. The number of carboxylic acid groups (broad SMARTS) is 1. The molecule has 3 rings (SSSR count). The Hall–Kier alpha value is -2.08. The third-order valence-electron chi connectivity index (χ3n) is 3.69. The van der Waals surface area contributed by atoms with Crippen LogP contribution in [0.3, 0.4) is 0 Å².